The molecule has 1 fully saturated rings. The maximum Gasteiger partial charge on any atom is 0.212 e. The summed E-state index contributed by atoms with van der Waals surface area (Å²) >= 11 is 0. The van der Waals surface area contributed by atoms with Gasteiger partial charge in [0, 0.05) is 19.3 Å². The zero-order valence-corrected chi connectivity index (χ0v) is 14.5. The highest BCUT2D eigenvalue weighted by Gasteiger charge is 2.24. The number of rotatable bonds is 6. The Kier molecular flexibility index (Phi) is 4.81. The largest absolute Gasteiger partial charge is 0.439 e. The fourth-order valence-electron chi connectivity index (χ4n) is 3.54. The Morgan fingerprint density at radius 2 is 1.92 bits per heavy atom. The smallest absolute Gasteiger partial charge is 0.212 e. The van der Waals surface area contributed by atoms with E-state index in [4.69, 9.17) is 9.15 Å². The van der Waals surface area contributed by atoms with E-state index >= 15 is 0 Å². The van der Waals surface area contributed by atoms with Crippen LogP contribution in [0.2, 0.25) is 0 Å². The Labute approximate surface area is 148 Å². The fourth-order valence-corrected chi connectivity index (χ4v) is 3.54. The number of oxazole rings is 1. The number of fused-ring (bicyclic) bond motifs is 1. The zero-order valence-electron chi connectivity index (χ0n) is 14.5. The van der Waals surface area contributed by atoms with Crippen LogP contribution in [0.4, 0.5) is 0 Å². The first-order valence-corrected chi connectivity index (χ1v) is 9.04. The molecule has 0 amide bonds. The van der Waals surface area contributed by atoms with Crippen molar-refractivity contribution in [2.24, 2.45) is 5.92 Å². The van der Waals surface area contributed by atoms with E-state index in [1.54, 1.807) is 0 Å². The molecule has 0 spiro atoms. The summed E-state index contributed by atoms with van der Waals surface area (Å²) in [5.41, 5.74) is 3.05. The van der Waals surface area contributed by atoms with E-state index in [1.807, 2.05) is 24.3 Å². The quantitative estimate of drug-likeness (QED) is 0.712. The van der Waals surface area contributed by atoms with Gasteiger partial charge in [0.25, 0.3) is 0 Å². The minimum absolute atomic E-state index is 0.0416. The number of ether oxygens (including phenoxy) is 1. The molecule has 0 saturated carbocycles. The lowest BCUT2D eigenvalue weighted by Gasteiger charge is -2.24. The number of nitrogens with zero attached hydrogens (tertiary/aromatic N) is 1. The Morgan fingerprint density at radius 3 is 2.68 bits per heavy atom. The molecule has 0 radical (unpaired) electrons. The van der Waals surface area contributed by atoms with Crippen LogP contribution in [0.15, 0.2) is 59.0 Å². The Hall–Kier alpha value is -2.17. The van der Waals surface area contributed by atoms with Gasteiger partial charge in [-0.15, -0.1) is 0 Å². The van der Waals surface area contributed by atoms with Gasteiger partial charge < -0.3 is 9.15 Å². The van der Waals surface area contributed by atoms with Crippen molar-refractivity contribution in [2.75, 3.05) is 13.2 Å². The first kappa shape index (κ1) is 16.3. The molecule has 1 aliphatic heterocycles. The van der Waals surface area contributed by atoms with Crippen molar-refractivity contribution in [3.8, 4) is 0 Å². The van der Waals surface area contributed by atoms with Crippen molar-refractivity contribution in [1.29, 1.82) is 0 Å². The molecular weight excluding hydrogens is 312 g/mol. The summed E-state index contributed by atoms with van der Waals surface area (Å²) in [6.45, 7) is 3.86. The number of aromatic nitrogens is 1. The van der Waals surface area contributed by atoms with Gasteiger partial charge in [-0.25, -0.2) is 4.98 Å². The van der Waals surface area contributed by atoms with E-state index in [9.17, 15) is 0 Å². The normalized spacial score (nSPS) is 20.0. The summed E-state index contributed by atoms with van der Waals surface area (Å²) in [6.07, 6.45) is 2.21. The predicted octanol–water partition coefficient (Wildman–Crippen LogP) is 4.65. The van der Waals surface area contributed by atoms with E-state index in [0.29, 0.717) is 5.92 Å². The highest BCUT2D eigenvalue weighted by Crippen LogP contribution is 2.29. The van der Waals surface area contributed by atoms with Gasteiger partial charge in [0.2, 0.25) is 5.89 Å². The van der Waals surface area contributed by atoms with Crippen LogP contribution >= 0.6 is 0 Å². The Balaban J connectivity index is 1.54. The topological polar surface area (TPSA) is 47.3 Å². The second-order valence-electron chi connectivity index (χ2n) is 6.84. The van der Waals surface area contributed by atoms with Gasteiger partial charge in [-0.05, 0) is 43.4 Å². The van der Waals surface area contributed by atoms with Crippen molar-refractivity contribution in [3.05, 3.63) is 66.1 Å². The third-order valence-corrected chi connectivity index (χ3v) is 4.93. The van der Waals surface area contributed by atoms with Crippen molar-refractivity contribution in [2.45, 2.75) is 31.8 Å². The second kappa shape index (κ2) is 7.38. The van der Waals surface area contributed by atoms with Gasteiger partial charge in [0.05, 0.1) is 6.04 Å². The lowest BCUT2D eigenvalue weighted by Crippen LogP contribution is -2.27. The Bertz CT molecular complexity index is 776. The lowest BCUT2D eigenvalue weighted by molar-refractivity contribution is 0.180. The lowest BCUT2D eigenvalue weighted by atomic mass is 9.93. The molecule has 2 aromatic carbocycles. The third-order valence-electron chi connectivity index (χ3n) is 4.93. The van der Waals surface area contributed by atoms with E-state index in [-0.39, 0.29) is 12.1 Å². The van der Waals surface area contributed by atoms with Gasteiger partial charge in [0.15, 0.2) is 5.58 Å². The average molecular weight is 336 g/mol. The fraction of sp³-hybridized carbons (Fsp3) is 0.381. The van der Waals surface area contributed by atoms with Crippen LogP contribution in [0.1, 0.15) is 43.3 Å². The van der Waals surface area contributed by atoms with Crippen LogP contribution in [-0.4, -0.2) is 18.2 Å². The monoisotopic (exact) mass is 336 g/mol. The molecule has 0 unspecified atom stereocenters. The van der Waals surface area contributed by atoms with E-state index in [2.05, 4.69) is 47.6 Å². The molecule has 4 rings (SSSR count). The highest BCUT2D eigenvalue weighted by atomic mass is 16.5. The summed E-state index contributed by atoms with van der Waals surface area (Å²) in [7, 11) is 0. The minimum atomic E-state index is 0.0416. The highest BCUT2D eigenvalue weighted by molar-refractivity contribution is 5.72. The van der Waals surface area contributed by atoms with Crippen molar-refractivity contribution in [3.63, 3.8) is 0 Å². The SMILES string of the molecule is C[C@H](N[C@H](C[C@H]1CCOC1)c1ccccc1)c1nc2ccccc2o1. The molecule has 3 atom stereocenters. The molecule has 1 aliphatic rings. The molecule has 25 heavy (non-hydrogen) atoms. The number of benzene rings is 2. The summed E-state index contributed by atoms with van der Waals surface area (Å²) < 4.78 is 11.5. The van der Waals surface area contributed by atoms with Crippen molar-refractivity contribution in [1.82, 2.24) is 10.3 Å². The van der Waals surface area contributed by atoms with E-state index in [1.165, 1.54) is 5.56 Å². The van der Waals surface area contributed by atoms with E-state index < -0.39 is 0 Å². The number of para-hydroxylation sites is 2. The molecule has 3 aromatic rings. The summed E-state index contributed by atoms with van der Waals surface area (Å²) in [5, 5.41) is 3.73. The molecule has 0 bridgehead atoms. The number of hydrogen-bond acceptors (Lipinski definition) is 4. The van der Waals surface area contributed by atoms with Crippen LogP contribution in [0.3, 0.4) is 0 Å². The average Bonchev–Trinajstić information content (AvgIpc) is 3.31. The maximum absolute atomic E-state index is 5.94. The summed E-state index contributed by atoms with van der Waals surface area (Å²) in [6, 6.07) is 18.8. The minimum Gasteiger partial charge on any atom is -0.439 e. The van der Waals surface area contributed by atoms with E-state index in [0.717, 1.165) is 43.0 Å². The molecular formula is C21H24N2O2. The first-order valence-electron chi connectivity index (χ1n) is 9.04. The van der Waals surface area contributed by atoms with Gasteiger partial charge in [-0.2, -0.15) is 0 Å². The third kappa shape index (κ3) is 3.75. The first-order chi connectivity index (χ1) is 12.3. The second-order valence-corrected chi connectivity index (χ2v) is 6.84. The molecule has 0 aliphatic carbocycles. The van der Waals surface area contributed by atoms with Crippen LogP contribution < -0.4 is 5.32 Å². The van der Waals surface area contributed by atoms with Crippen LogP contribution in [0.5, 0.6) is 0 Å². The van der Waals surface area contributed by atoms with Crippen LogP contribution in [-0.2, 0) is 4.74 Å². The van der Waals surface area contributed by atoms with Gasteiger partial charge in [-0.1, -0.05) is 42.5 Å². The van der Waals surface area contributed by atoms with Gasteiger partial charge in [0.1, 0.15) is 5.52 Å². The molecule has 130 valence electrons. The molecule has 2 heterocycles. The van der Waals surface area contributed by atoms with Gasteiger partial charge in [-0.3, -0.25) is 5.32 Å². The maximum atomic E-state index is 5.94. The zero-order chi connectivity index (χ0) is 17.1. The predicted molar refractivity (Wildman–Crippen MR) is 98.3 cm³/mol. The van der Waals surface area contributed by atoms with Gasteiger partial charge >= 0.3 is 0 Å². The molecule has 1 saturated heterocycles. The molecule has 4 heteroatoms. The van der Waals surface area contributed by atoms with Crippen LogP contribution in [0.25, 0.3) is 11.1 Å². The van der Waals surface area contributed by atoms with Crippen LogP contribution in [0, 0.1) is 5.92 Å². The van der Waals surface area contributed by atoms with Crippen molar-refractivity contribution < 1.29 is 9.15 Å². The molecule has 1 N–H and O–H groups in total. The summed E-state index contributed by atoms with van der Waals surface area (Å²) in [5.74, 6) is 1.35. The Morgan fingerprint density at radius 1 is 1.12 bits per heavy atom. The molecule has 1 aromatic heterocycles. The molecule has 4 nitrogen and oxygen atoms in total. The standard InChI is InChI=1S/C21H24N2O2/c1-15(21-23-18-9-5-6-10-20(18)25-21)22-19(13-16-11-12-24-14-16)17-7-3-2-4-8-17/h2-10,15-16,19,22H,11-14H2,1H3/t15-,16+,19+/m0/s1. The number of hydrogen-bond donors (Lipinski definition) is 1. The summed E-state index contributed by atoms with van der Waals surface area (Å²) in [4.78, 5) is 4.64. The van der Waals surface area contributed by atoms with Crippen molar-refractivity contribution >= 4 is 11.1 Å². The number of nitrogens with one attached hydrogen (secondary N) is 1.